The highest BCUT2D eigenvalue weighted by Gasteiger charge is 2.14. The summed E-state index contributed by atoms with van der Waals surface area (Å²) < 4.78 is 0. The molecule has 1 aromatic carbocycles. The lowest BCUT2D eigenvalue weighted by Crippen LogP contribution is -2.23. The van der Waals surface area contributed by atoms with Gasteiger partial charge in [0, 0.05) is 0 Å². The van der Waals surface area contributed by atoms with E-state index in [0.29, 0.717) is 5.69 Å². The molecule has 3 N–H and O–H groups in total. The third kappa shape index (κ3) is 3.55. The molecule has 4 heteroatoms. The Morgan fingerprint density at radius 2 is 2.00 bits per heavy atom. The number of phenols is 1. The zero-order chi connectivity index (χ0) is 12.1. The smallest absolute Gasteiger partial charge is 0.227 e. The lowest BCUT2D eigenvalue weighted by molar-refractivity contribution is -0.118. The number of aromatic hydroxyl groups is 1. The van der Waals surface area contributed by atoms with Crippen LogP contribution in [0.4, 0.5) is 5.69 Å². The number of aliphatic hydroxyl groups is 1. The topological polar surface area (TPSA) is 69.6 Å². The van der Waals surface area contributed by atoms with Crippen molar-refractivity contribution in [2.24, 2.45) is 5.92 Å². The van der Waals surface area contributed by atoms with Crippen molar-refractivity contribution in [3.63, 3.8) is 0 Å². The zero-order valence-corrected chi connectivity index (χ0v) is 9.47. The second-order valence-electron chi connectivity index (χ2n) is 4.08. The standard InChI is InChI=1S/C12H17NO3/c1-8(2)11(15)7-12(16)13-9-5-3-4-6-10(9)14/h3-6,8,11,14-15H,7H2,1-2H3,(H,13,16). The number of rotatable bonds is 4. The molecule has 0 saturated carbocycles. The number of phenolic OH excluding ortho intramolecular Hbond substituents is 1. The second kappa shape index (κ2) is 5.51. The summed E-state index contributed by atoms with van der Waals surface area (Å²) in [5.41, 5.74) is 0.364. The lowest BCUT2D eigenvalue weighted by atomic mass is 10.0. The fourth-order valence-corrected chi connectivity index (χ4v) is 1.21. The van der Waals surface area contributed by atoms with Crippen molar-refractivity contribution in [2.45, 2.75) is 26.4 Å². The molecule has 4 nitrogen and oxygen atoms in total. The highest BCUT2D eigenvalue weighted by atomic mass is 16.3. The molecule has 0 aliphatic heterocycles. The molecule has 88 valence electrons. The van der Waals surface area contributed by atoms with Crippen LogP contribution < -0.4 is 5.32 Å². The first-order valence-corrected chi connectivity index (χ1v) is 5.26. The van der Waals surface area contributed by atoms with Crippen LogP contribution in [0.25, 0.3) is 0 Å². The van der Waals surface area contributed by atoms with Crippen molar-refractivity contribution in [1.82, 2.24) is 0 Å². The van der Waals surface area contributed by atoms with Crippen LogP contribution in [0.3, 0.4) is 0 Å². The monoisotopic (exact) mass is 223 g/mol. The molecule has 0 spiro atoms. The molecule has 1 aromatic rings. The summed E-state index contributed by atoms with van der Waals surface area (Å²) in [6.45, 7) is 3.69. The fourth-order valence-electron chi connectivity index (χ4n) is 1.21. The molecule has 0 saturated heterocycles. The van der Waals surface area contributed by atoms with Crippen molar-refractivity contribution < 1.29 is 15.0 Å². The van der Waals surface area contributed by atoms with Gasteiger partial charge in [0.05, 0.1) is 18.2 Å². The van der Waals surface area contributed by atoms with Gasteiger partial charge in [0.25, 0.3) is 0 Å². The Kier molecular flexibility index (Phi) is 4.31. The Morgan fingerprint density at radius 1 is 1.38 bits per heavy atom. The maximum atomic E-state index is 11.5. The number of hydrogen-bond donors (Lipinski definition) is 3. The number of nitrogens with one attached hydrogen (secondary N) is 1. The lowest BCUT2D eigenvalue weighted by Gasteiger charge is -2.14. The van der Waals surface area contributed by atoms with E-state index in [2.05, 4.69) is 5.32 Å². The quantitative estimate of drug-likeness (QED) is 0.681. The van der Waals surface area contributed by atoms with Crippen molar-refractivity contribution >= 4 is 11.6 Å². The zero-order valence-electron chi connectivity index (χ0n) is 9.47. The van der Waals surface area contributed by atoms with Crippen LogP contribution in [0.1, 0.15) is 20.3 Å². The highest BCUT2D eigenvalue weighted by molar-refractivity contribution is 5.92. The summed E-state index contributed by atoms with van der Waals surface area (Å²) in [5.74, 6) is -0.243. The Morgan fingerprint density at radius 3 is 2.56 bits per heavy atom. The van der Waals surface area contributed by atoms with Crippen LogP contribution in [0.15, 0.2) is 24.3 Å². The summed E-state index contributed by atoms with van der Waals surface area (Å²) in [4.78, 5) is 11.5. The van der Waals surface area contributed by atoms with E-state index < -0.39 is 6.10 Å². The van der Waals surface area contributed by atoms with Gasteiger partial charge in [-0.3, -0.25) is 4.79 Å². The highest BCUT2D eigenvalue weighted by Crippen LogP contribution is 2.21. The van der Waals surface area contributed by atoms with Crippen molar-refractivity contribution in [3.8, 4) is 5.75 Å². The number of amides is 1. The van der Waals surface area contributed by atoms with E-state index in [0.717, 1.165) is 0 Å². The summed E-state index contributed by atoms with van der Waals surface area (Å²) >= 11 is 0. The molecular formula is C12H17NO3. The number of carbonyl (C=O) groups is 1. The number of hydrogen-bond acceptors (Lipinski definition) is 3. The summed E-state index contributed by atoms with van der Waals surface area (Å²) in [6.07, 6.45) is -0.628. The molecule has 1 unspecified atom stereocenters. The predicted molar refractivity (Wildman–Crippen MR) is 62.2 cm³/mol. The Bertz CT molecular complexity index is 363. The maximum absolute atomic E-state index is 11.5. The average Bonchev–Trinajstić information content (AvgIpc) is 2.21. The van der Waals surface area contributed by atoms with Gasteiger partial charge in [0.15, 0.2) is 0 Å². The van der Waals surface area contributed by atoms with E-state index in [9.17, 15) is 15.0 Å². The molecule has 0 aliphatic carbocycles. The minimum absolute atomic E-state index is 0.0230. The van der Waals surface area contributed by atoms with E-state index in [4.69, 9.17) is 0 Å². The van der Waals surface area contributed by atoms with Crippen LogP contribution in [-0.2, 0) is 4.79 Å². The Labute approximate surface area is 94.9 Å². The minimum Gasteiger partial charge on any atom is -0.506 e. The largest absolute Gasteiger partial charge is 0.506 e. The van der Waals surface area contributed by atoms with Crippen molar-refractivity contribution in [3.05, 3.63) is 24.3 Å². The first-order valence-electron chi connectivity index (χ1n) is 5.26. The van der Waals surface area contributed by atoms with Gasteiger partial charge in [-0.1, -0.05) is 26.0 Å². The number of benzene rings is 1. The molecule has 1 rings (SSSR count). The molecule has 0 radical (unpaired) electrons. The average molecular weight is 223 g/mol. The number of anilines is 1. The molecule has 1 atom stereocenters. The molecular weight excluding hydrogens is 206 g/mol. The van der Waals surface area contributed by atoms with Crippen molar-refractivity contribution in [2.75, 3.05) is 5.32 Å². The van der Waals surface area contributed by atoms with Gasteiger partial charge in [-0.2, -0.15) is 0 Å². The summed E-state index contributed by atoms with van der Waals surface area (Å²) in [7, 11) is 0. The van der Waals surface area contributed by atoms with Gasteiger partial charge in [0.2, 0.25) is 5.91 Å². The first-order chi connectivity index (χ1) is 7.50. The van der Waals surface area contributed by atoms with Crippen LogP contribution in [0, 0.1) is 5.92 Å². The van der Waals surface area contributed by atoms with Gasteiger partial charge in [-0.25, -0.2) is 0 Å². The number of para-hydroxylation sites is 2. The SMILES string of the molecule is CC(C)C(O)CC(=O)Nc1ccccc1O. The van der Waals surface area contributed by atoms with Gasteiger partial charge in [-0.15, -0.1) is 0 Å². The Hall–Kier alpha value is -1.55. The molecule has 1 amide bonds. The molecule has 0 bridgehead atoms. The van der Waals surface area contributed by atoms with Crippen LogP contribution >= 0.6 is 0 Å². The summed E-state index contributed by atoms with van der Waals surface area (Å²) in [5, 5.41) is 21.5. The van der Waals surface area contributed by atoms with Gasteiger partial charge in [0.1, 0.15) is 5.75 Å². The van der Waals surface area contributed by atoms with E-state index in [1.54, 1.807) is 18.2 Å². The summed E-state index contributed by atoms with van der Waals surface area (Å²) in [6, 6.07) is 6.49. The van der Waals surface area contributed by atoms with Crippen LogP contribution in [0.5, 0.6) is 5.75 Å². The third-order valence-corrected chi connectivity index (χ3v) is 2.34. The van der Waals surface area contributed by atoms with Crippen molar-refractivity contribution in [1.29, 1.82) is 0 Å². The van der Waals surface area contributed by atoms with Gasteiger partial charge >= 0.3 is 0 Å². The van der Waals surface area contributed by atoms with Crippen LogP contribution in [-0.4, -0.2) is 22.2 Å². The first kappa shape index (κ1) is 12.5. The van der Waals surface area contributed by atoms with Gasteiger partial charge < -0.3 is 15.5 Å². The van der Waals surface area contributed by atoms with E-state index >= 15 is 0 Å². The molecule has 16 heavy (non-hydrogen) atoms. The molecule has 0 fully saturated rings. The normalized spacial score (nSPS) is 12.5. The second-order valence-corrected chi connectivity index (χ2v) is 4.08. The molecule has 0 aromatic heterocycles. The predicted octanol–water partition coefficient (Wildman–Crippen LogP) is 1.74. The fraction of sp³-hybridized carbons (Fsp3) is 0.417. The van der Waals surface area contributed by atoms with E-state index in [1.807, 2.05) is 13.8 Å². The third-order valence-electron chi connectivity index (χ3n) is 2.34. The van der Waals surface area contributed by atoms with E-state index in [1.165, 1.54) is 6.07 Å². The Balaban J connectivity index is 2.55. The number of aliphatic hydroxyl groups excluding tert-OH is 1. The molecule has 0 heterocycles. The maximum Gasteiger partial charge on any atom is 0.227 e. The van der Waals surface area contributed by atoms with Crippen LogP contribution in [0.2, 0.25) is 0 Å². The molecule has 0 aliphatic rings. The minimum atomic E-state index is -0.661. The number of carbonyl (C=O) groups excluding carboxylic acids is 1. The van der Waals surface area contributed by atoms with Gasteiger partial charge in [-0.05, 0) is 18.1 Å². The van der Waals surface area contributed by atoms with E-state index in [-0.39, 0.29) is 24.0 Å².